The van der Waals surface area contributed by atoms with Gasteiger partial charge in [-0.3, -0.25) is 4.79 Å². The van der Waals surface area contributed by atoms with Crippen LogP contribution in [0, 0.1) is 11.3 Å². The minimum Gasteiger partial charge on any atom is -0.484 e. The minimum absolute atomic E-state index is 0.213. The predicted molar refractivity (Wildman–Crippen MR) is 56.6 cm³/mol. The van der Waals surface area contributed by atoms with Crippen LogP contribution in [0.4, 0.5) is 0 Å². The van der Waals surface area contributed by atoms with E-state index in [9.17, 15) is 4.79 Å². The number of hydrogen-bond donors (Lipinski definition) is 0. The van der Waals surface area contributed by atoms with Crippen molar-refractivity contribution in [1.29, 1.82) is 5.26 Å². The molecule has 0 fully saturated rings. The van der Waals surface area contributed by atoms with Crippen molar-refractivity contribution in [2.75, 3.05) is 6.61 Å². The number of rotatable bonds is 5. The molecule has 0 aliphatic carbocycles. The lowest BCUT2D eigenvalue weighted by atomic mass is 10.4. The Labute approximate surface area is 88.0 Å². The molecule has 78 valence electrons. The molecule has 0 aromatic carbocycles. The Kier molecular flexibility index (Phi) is 4.17. The fourth-order valence-corrected chi connectivity index (χ4v) is 1.12. The minimum atomic E-state index is -0.213. The van der Waals surface area contributed by atoms with E-state index in [1.54, 1.807) is 24.4 Å². The summed E-state index contributed by atoms with van der Waals surface area (Å²) >= 11 is 0. The zero-order valence-electron chi connectivity index (χ0n) is 8.35. The first-order valence-corrected chi connectivity index (χ1v) is 4.59. The van der Waals surface area contributed by atoms with Gasteiger partial charge < -0.3 is 9.30 Å². The van der Waals surface area contributed by atoms with Crippen molar-refractivity contribution in [3.8, 4) is 11.8 Å². The van der Waals surface area contributed by atoms with Crippen molar-refractivity contribution in [3.05, 3.63) is 41.3 Å². The van der Waals surface area contributed by atoms with Crippen LogP contribution in [-0.4, -0.2) is 11.2 Å². The van der Waals surface area contributed by atoms with Crippen LogP contribution in [0.5, 0.6) is 5.75 Å². The van der Waals surface area contributed by atoms with Crippen LogP contribution in [0.1, 0.15) is 6.42 Å². The van der Waals surface area contributed by atoms with Gasteiger partial charge in [0.05, 0.1) is 12.5 Å². The van der Waals surface area contributed by atoms with E-state index in [4.69, 9.17) is 10.00 Å². The molecule has 0 spiro atoms. The molecular weight excluding hydrogens is 192 g/mol. The van der Waals surface area contributed by atoms with Crippen molar-refractivity contribution in [3.63, 3.8) is 0 Å². The summed E-state index contributed by atoms with van der Waals surface area (Å²) in [6.07, 6.45) is 3.53. The number of aromatic nitrogens is 1. The van der Waals surface area contributed by atoms with E-state index < -0.39 is 0 Å². The first-order chi connectivity index (χ1) is 7.29. The number of nitriles is 1. The quantitative estimate of drug-likeness (QED) is 0.680. The molecule has 1 aromatic rings. The molecule has 0 N–H and O–H groups in total. The van der Waals surface area contributed by atoms with E-state index in [-0.39, 0.29) is 11.3 Å². The number of ether oxygens (including phenoxy) is 1. The average Bonchev–Trinajstić information content (AvgIpc) is 2.26. The summed E-state index contributed by atoms with van der Waals surface area (Å²) in [6, 6.07) is 5.31. The predicted octanol–water partition coefficient (Wildman–Crippen LogP) is 1.33. The van der Waals surface area contributed by atoms with Gasteiger partial charge in [0.15, 0.2) is 5.75 Å². The molecule has 0 bridgehead atoms. The number of hydrogen-bond acceptors (Lipinski definition) is 3. The van der Waals surface area contributed by atoms with E-state index in [1.807, 2.05) is 6.07 Å². The highest BCUT2D eigenvalue weighted by molar-refractivity contribution is 5.17. The van der Waals surface area contributed by atoms with Crippen LogP contribution in [0.15, 0.2) is 35.8 Å². The van der Waals surface area contributed by atoms with Gasteiger partial charge in [-0.15, -0.1) is 0 Å². The lowest BCUT2D eigenvalue weighted by molar-refractivity contribution is 0.354. The Morgan fingerprint density at radius 2 is 2.47 bits per heavy atom. The van der Waals surface area contributed by atoms with Crippen LogP contribution in [0.2, 0.25) is 0 Å². The van der Waals surface area contributed by atoms with Crippen LogP contribution < -0.4 is 10.3 Å². The molecule has 1 aromatic heterocycles. The van der Waals surface area contributed by atoms with Crippen molar-refractivity contribution in [2.45, 2.75) is 13.0 Å². The molecule has 0 aliphatic rings. The van der Waals surface area contributed by atoms with E-state index in [0.29, 0.717) is 19.6 Å². The highest BCUT2D eigenvalue weighted by Gasteiger charge is 2.02. The van der Waals surface area contributed by atoms with E-state index in [0.717, 1.165) is 0 Å². The summed E-state index contributed by atoms with van der Waals surface area (Å²) in [6.45, 7) is 4.19. The molecule has 4 heteroatoms. The zero-order valence-corrected chi connectivity index (χ0v) is 8.35. The molecule has 0 radical (unpaired) electrons. The second-order valence-electron chi connectivity index (χ2n) is 2.88. The summed E-state index contributed by atoms with van der Waals surface area (Å²) in [7, 11) is 0. The van der Waals surface area contributed by atoms with Gasteiger partial charge in [0.25, 0.3) is 5.56 Å². The summed E-state index contributed by atoms with van der Waals surface area (Å²) in [5.41, 5.74) is -0.213. The average molecular weight is 204 g/mol. The van der Waals surface area contributed by atoms with E-state index in [2.05, 4.69) is 6.58 Å². The molecule has 0 saturated carbocycles. The summed E-state index contributed by atoms with van der Waals surface area (Å²) < 4.78 is 6.63. The lowest BCUT2D eigenvalue weighted by Gasteiger charge is -2.06. The van der Waals surface area contributed by atoms with Crippen LogP contribution >= 0.6 is 0 Å². The Hall–Kier alpha value is -2.02. The molecule has 15 heavy (non-hydrogen) atoms. The standard InChI is InChI=1S/C11H12N2O2/c1-2-9-15-10-5-3-7-13(11(10)14)8-4-6-12/h2-3,5,7H,1,4,8-9H2. The Morgan fingerprint density at radius 3 is 3.13 bits per heavy atom. The van der Waals surface area contributed by atoms with Gasteiger partial charge >= 0.3 is 0 Å². The third-order valence-electron chi connectivity index (χ3n) is 1.81. The first kappa shape index (κ1) is 11.1. The fraction of sp³-hybridized carbons (Fsp3) is 0.273. The fourth-order valence-electron chi connectivity index (χ4n) is 1.12. The van der Waals surface area contributed by atoms with Crippen LogP contribution in [0.3, 0.4) is 0 Å². The van der Waals surface area contributed by atoms with Gasteiger partial charge in [-0.05, 0) is 12.1 Å². The smallest absolute Gasteiger partial charge is 0.292 e. The first-order valence-electron chi connectivity index (χ1n) is 4.59. The summed E-state index contributed by atoms with van der Waals surface area (Å²) in [4.78, 5) is 11.7. The Morgan fingerprint density at radius 1 is 1.67 bits per heavy atom. The van der Waals surface area contributed by atoms with Gasteiger partial charge in [0.2, 0.25) is 0 Å². The Balaban J connectivity index is 2.86. The van der Waals surface area contributed by atoms with E-state index >= 15 is 0 Å². The monoisotopic (exact) mass is 204 g/mol. The molecule has 0 atom stereocenters. The van der Waals surface area contributed by atoms with Crippen molar-refractivity contribution >= 4 is 0 Å². The highest BCUT2D eigenvalue weighted by atomic mass is 16.5. The molecule has 0 aliphatic heterocycles. The van der Waals surface area contributed by atoms with Crippen molar-refractivity contribution in [2.24, 2.45) is 0 Å². The molecule has 1 heterocycles. The maximum Gasteiger partial charge on any atom is 0.292 e. The van der Waals surface area contributed by atoms with Gasteiger partial charge in [-0.1, -0.05) is 12.7 Å². The molecule has 4 nitrogen and oxygen atoms in total. The van der Waals surface area contributed by atoms with Gasteiger partial charge in [-0.25, -0.2) is 0 Å². The SMILES string of the molecule is C=CCOc1cccn(CCC#N)c1=O. The summed E-state index contributed by atoms with van der Waals surface area (Å²) in [5.74, 6) is 0.287. The van der Waals surface area contributed by atoms with Gasteiger partial charge in [0, 0.05) is 12.7 Å². The second-order valence-corrected chi connectivity index (χ2v) is 2.88. The third kappa shape index (κ3) is 2.99. The second kappa shape index (κ2) is 5.66. The molecular formula is C11H12N2O2. The van der Waals surface area contributed by atoms with Gasteiger partial charge in [-0.2, -0.15) is 5.26 Å². The number of nitrogens with zero attached hydrogens (tertiary/aromatic N) is 2. The zero-order chi connectivity index (χ0) is 11.1. The maximum absolute atomic E-state index is 11.7. The van der Waals surface area contributed by atoms with Crippen LogP contribution in [-0.2, 0) is 6.54 Å². The lowest BCUT2D eigenvalue weighted by Crippen LogP contribution is -2.21. The normalized spacial score (nSPS) is 9.27. The molecule has 1 rings (SSSR count). The third-order valence-corrected chi connectivity index (χ3v) is 1.81. The Bertz CT molecular complexity index is 429. The molecule has 0 unspecified atom stereocenters. The highest BCUT2D eigenvalue weighted by Crippen LogP contribution is 2.02. The van der Waals surface area contributed by atoms with Crippen LogP contribution in [0.25, 0.3) is 0 Å². The van der Waals surface area contributed by atoms with Crippen molar-refractivity contribution < 1.29 is 4.74 Å². The number of pyridine rings is 1. The maximum atomic E-state index is 11.7. The largest absolute Gasteiger partial charge is 0.484 e. The van der Waals surface area contributed by atoms with Gasteiger partial charge in [0.1, 0.15) is 6.61 Å². The number of aryl methyl sites for hydroxylation is 1. The topological polar surface area (TPSA) is 55.0 Å². The molecule has 0 saturated heterocycles. The van der Waals surface area contributed by atoms with E-state index in [1.165, 1.54) is 4.57 Å². The molecule has 0 amide bonds. The summed E-state index contributed by atoms with van der Waals surface area (Å²) in [5, 5.41) is 8.42. The van der Waals surface area contributed by atoms with Crippen molar-refractivity contribution in [1.82, 2.24) is 4.57 Å².